The first-order valence-corrected chi connectivity index (χ1v) is 7.66. The molecule has 4 nitrogen and oxygen atoms in total. The minimum Gasteiger partial charge on any atom is -0.398 e. The number of nitrogens with one attached hydrogen (secondary N) is 1. The molecule has 94 valence electrons. The molecule has 0 spiro atoms. The summed E-state index contributed by atoms with van der Waals surface area (Å²) in [4.78, 5) is 11.8. The SMILES string of the molecule is CS(=O)CCCNC(=O)c1cccc(N)c1Br. The summed E-state index contributed by atoms with van der Waals surface area (Å²) < 4.78 is 11.4. The van der Waals surface area contributed by atoms with Gasteiger partial charge in [0.25, 0.3) is 5.91 Å². The van der Waals surface area contributed by atoms with Crippen LogP contribution in [-0.4, -0.2) is 28.7 Å². The second kappa shape index (κ2) is 6.76. The number of hydrogen-bond acceptors (Lipinski definition) is 3. The molecule has 1 atom stereocenters. The highest BCUT2D eigenvalue weighted by molar-refractivity contribution is 9.10. The lowest BCUT2D eigenvalue weighted by Gasteiger charge is -2.07. The first kappa shape index (κ1) is 14.2. The third kappa shape index (κ3) is 4.47. The summed E-state index contributed by atoms with van der Waals surface area (Å²) in [6, 6.07) is 5.16. The van der Waals surface area contributed by atoms with Gasteiger partial charge in [0.15, 0.2) is 0 Å². The fourth-order valence-corrected chi connectivity index (χ4v) is 2.29. The van der Waals surface area contributed by atoms with Crippen LogP contribution in [0.1, 0.15) is 16.8 Å². The van der Waals surface area contributed by atoms with Crippen molar-refractivity contribution >= 4 is 38.3 Å². The van der Waals surface area contributed by atoms with Gasteiger partial charge in [0, 0.05) is 35.0 Å². The topological polar surface area (TPSA) is 72.2 Å². The molecule has 0 aliphatic rings. The molecule has 0 aliphatic carbocycles. The molecule has 1 aromatic rings. The van der Waals surface area contributed by atoms with E-state index in [1.54, 1.807) is 24.5 Å². The minimum atomic E-state index is -0.813. The highest BCUT2D eigenvalue weighted by Gasteiger charge is 2.10. The van der Waals surface area contributed by atoms with Crippen LogP contribution in [0.2, 0.25) is 0 Å². The summed E-state index contributed by atoms with van der Waals surface area (Å²) in [7, 11) is -0.813. The maximum Gasteiger partial charge on any atom is 0.252 e. The molecule has 1 amide bonds. The van der Waals surface area contributed by atoms with Crippen molar-refractivity contribution in [1.82, 2.24) is 5.32 Å². The zero-order valence-electron chi connectivity index (χ0n) is 9.53. The Morgan fingerprint density at radius 3 is 2.88 bits per heavy atom. The standard InChI is InChI=1S/C11H15BrN2O2S/c1-17(16)7-3-6-14-11(15)8-4-2-5-9(13)10(8)12/h2,4-5H,3,6-7,13H2,1H3,(H,14,15). The van der Waals surface area contributed by atoms with Gasteiger partial charge >= 0.3 is 0 Å². The molecule has 0 bridgehead atoms. The van der Waals surface area contributed by atoms with E-state index < -0.39 is 10.8 Å². The number of anilines is 1. The maximum absolute atomic E-state index is 11.8. The van der Waals surface area contributed by atoms with E-state index in [1.165, 1.54) is 0 Å². The molecule has 0 aliphatic heterocycles. The van der Waals surface area contributed by atoms with Gasteiger partial charge < -0.3 is 11.1 Å². The number of carbonyl (C=O) groups is 1. The van der Waals surface area contributed by atoms with Crippen molar-refractivity contribution in [2.24, 2.45) is 0 Å². The quantitative estimate of drug-likeness (QED) is 0.639. The molecule has 1 aromatic carbocycles. The largest absolute Gasteiger partial charge is 0.398 e. The lowest BCUT2D eigenvalue weighted by atomic mass is 10.2. The molecule has 0 aromatic heterocycles. The molecule has 1 rings (SSSR count). The first-order valence-electron chi connectivity index (χ1n) is 5.14. The van der Waals surface area contributed by atoms with E-state index in [9.17, 15) is 9.00 Å². The Morgan fingerprint density at radius 1 is 1.53 bits per heavy atom. The minimum absolute atomic E-state index is 0.175. The van der Waals surface area contributed by atoms with Crippen LogP contribution >= 0.6 is 15.9 Å². The van der Waals surface area contributed by atoms with E-state index in [4.69, 9.17) is 5.73 Å². The third-order valence-electron chi connectivity index (χ3n) is 2.17. The Hall–Kier alpha value is -0.880. The molecule has 0 radical (unpaired) electrons. The predicted octanol–water partition coefficient (Wildman–Crippen LogP) is 1.53. The second-order valence-corrected chi connectivity index (χ2v) is 5.94. The average molecular weight is 319 g/mol. The van der Waals surface area contributed by atoms with Crippen LogP contribution in [0.5, 0.6) is 0 Å². The highest BCUT2D eigenvalue weighted by Crippen LogP contribution is 2.23. The van der Waals surface area contributed by atoms with Crippen molar-refractivity contribution in [1.29, 1.82) is 0 Å². The van der Waals surface area contributed by atoms with Gasteiger partial charge in [0.2, 0.25) is 0 Å². The third-order valence-corrected chi connectivity index (χ3v) is 3.92. The van der Waals surface area contributed by atoms with Crippen molar-refractivity contribution in [3.05, 3.63) is 28.2 Å². The van der Waals surface area contributed by atoms with E-state index >= 15 is 0 Å². The first-order chi connectivity index (χ1) is 8.02. The summed E-state index contributed by atoms with van der Waals surface area (Å²) in [5, 5.41) is 2.76. The molecule has 0 fully saturated rings. The Kier molecular flexibility index (Phi) is 5.64. The van der Waals surface area contributed by atoms with E-state index in [1.807, 2.05) is 0 Å². The number of benzene rings is 1. The predicted molar refractivity (Wildman–Crippen MR) is 74.4 cm³/mol. The number of halogens is 1. The van der Waals surface area contributed by atoms with Crippen molar-refractivity contribution in [2.45, 2.75) is 6.42 Å². The summed E-state index contributed by atoms with van der Waals surface area (Å²) in [6.45, 7) is 0.514. The van der Waals surface area contributed by atoms with Gasteiger partial charge in [-0.1, -0.05) is 6.07 Å². The van der Waals surface area contributed by atoms with Gasteiger partial charge in [0.1, 0.15) is 0 Å². The fraction of sp³-hybridized carbons (Fsp3) is 0.364. The number of hydrogen-bond donors (Lipinski definition) is 2. The van der Waals surface area contributed by atoms with Gasteiger partial charge in [-0.3, -0.25) is 9.00 Å². The number of rotatable bonds is 5. The summed E-state index contributed by atoms with van der Waals surface area (Å²) in [5.74, 6) is 0.421. The van der Waals surface area contributed by atoms with Crippen LogP contribution in [0, 0.1) is 0 Å². The van der Waals surface area contributed by atoms with Gasteiger partial charge in [-0.05, 0) is 34.5 Å². The molecule has 1 unspecified atom stereocenters. The van der Waals surface area contributed by atoms with Crippen LogP contribution in [0.25, 0.3) is 0 Å². The summed E-state index contributed by atoms with van der Waals surface area (Å²) >= 11 is 3.28. The van der Waals surface area contributed by atoms with E-state index in [2.05, 4.69) is 21.2 Å². The van der Waals surface area contributed by atoms with Crippen molar-refractivity contribution in [3.8, 4) is 0 Å². The number of amides is 1. The van der Waals surface area contributed by atoms with Crippen molar-refractivity contribution in [3.63, 3.8) is 0 Å². The average Bonchev–Trinajstić information content (AvgIpc) is 2.27. The van der Waals surface area contributed by atoms with Gasteiger partial charge in [-0.25, -0.2) is 0 Å². The van der Waals surface area contributed by atoms with Crippen LogP contribution < -0.4 is 11.1 Å². The summed E-state index contributed by atoms with van der Waals surface area (Å²) in [6.07, 6.45) is 2.35. The van der Waals surface area contributed by atoms with E-state index in [0.717, 1.165) is 0 Å². The molecule has 3 N–H and O–H groups in total. The second-order valence-electron chi connectivity index (χ2n) is 3.60. The molecule has 0 saturated heterocycles. The Labute approximate surface area is 112 Å². The Morgan fingerprint density at radius 2 is 2.24 bits per heavy atom. The van der Waals surface area contributed by atoms with Crippen LogP contribution in [0.3, 0.4) is 0 Å². The lowest BCUT2D eigenvalue weighted by molar-refractivity contribution is 0.0953. The molecule has 0 heterocycles. The van der Waals surface area contributed by atoms with Gasteiger partial charge in [0.05, 0.1) is 10.0 Å². The number of nitrogens with two attached hydrogens (primary N) is 1. The normalized spacial score (nSPS) is 12.1. The Bertz CT molecular complexity index is 437. The molecule has 17 heavy (non-hydrogen) atoms. The van der Waals surface area contributed by atoms with Crippen molar-refractivity contribution < 1.29 is 9.00 Å². The number of carbonyl (C=O) groups excluding carboxylic acids is 1. The van der Waals surface area contributed by atoms with Crippen LogP contribution in [0.15, 0.2) is 22.7 Å². The lowest BCUT2D eigenvalue weighted by Crippen LogP contribution is -2.25. The number of nitrogen functional groups attached to an aromatic ring is 1. The zero-order chi connectivity index (χ0) is 12.8. The summed E-state index contributed by atoms with van der Waals surface area (Å²) in [5.41, 5.74) is 6.74. The molecular weight excluding hydrogens is 304 g/mol. The van der Waals surface area contributed by atoms with E-state index in [-0.39, 0.29) is 5.91 Å². The smallest absolute Gasteiger partial charge is 0.252 e. The van der Waals surface area contributed by atoms with Gasteiger partial charge in [-0.15, -0.1) is 0 Å². The molecule has 6 heteroatoms. The molecule has 0 saturated carbocycles. The maximum atomic E-state index is 11.8. The van der Waals surface area contributed by atoms with Crippen LogP contribution in [-0.2, 0) is 10.8 Å². The van der Waals surface area contributed by atoms with Gasteiger partial charge in [-0.2, -0.15) is 0 Å². The van der Waals surface area contributed by atoms with Crippen molar-refractivity contribution in [2.75, 3.05) is 24.3 Å². The monoisotopic (exact) mass is 318 g/mol. The van der Waals surface area contributed by atoms with Crippen LogP contribution in [0.4, 0.5) is 5.69 Å². The molecular formula is C11H15BrN2O2S. The fourth-order valence-electron chi connectivity index (χ4n) is 1.30. The Balaban J connectivity index is 2.53. The van der Waals surface area contributed by atoms with E-state index in [0.29, 0.717) is 34.4 Å². The highest BCUT2D eigenvalue weighted by atomic mass is 79.9. The zero-order valence-corrected chi connectivity index (χ0v) is 11.9.